The van der Waals surface area contributed by atoms with E-state index in [0.29, 0.717) is 0 Å². The number of rotatable bonds is 4. The molecule has 1 nitrogen and oxygen atoms in total. The lowest BCUT2D eigenvalue weighted by molar-refractivity contribution is 0.143. The van der Waals surface area contributed by atoms with Crippen LogP contribution in [0.3, 0.4) is 0 Å². The lowest BCUT2D eigenvalue weighted by atomic mass is 10.1. The van der Waals surface area contributed by atoms with Crippen LogP contribution in [0.15, 0.2) is 0 Å². The molecule has 1 N–H and O–H groups in total. The van der Waals surface area contributed by atoms with Gasteiger partial charge < -0.3 is 5.11 Å². The Labute approximate surface area is 87.9 Å². The summed E-state index contributed by atoms with van der Waals surface area (Å²) in [6, 6.07) is 0. The van der Waals surface area contributed by atoms with Gasteiger partial charge in [-0.25, -0.2) is 0 Å². The third-order valence-corrected chi connectivity index (χ3v) is 1.67. The average Bonchev–Trinajstić information content (AvgIpc) is 2.08. The summed E-state index contributed by atoms with van der Waals surface area (Å²) in [5.41, 5.74) is -0.920. The maximum absolute atomic E-state index is 9.25. The molecule has 0 heterocycles. The van der Waals surface area contributed by atoms with Crippen LogP contribution in [0.5, 0.6) is 0 Å². The van der Waals surface area contributed by atoms with E-state index in [4.69, 9.17) is 0 Å². The van der Waals surface area contributed by atoms with E-state index in [1.165, 1.54) is 19.3 Å². The molecule has 14 heavy (non-hydrogen) atoms. The molecule has 0 radical (unpaired) electrons. The highest BCUT2D eigenvalue weighted by Crippen LogP contribution is 2.00. The minimum Gasteiger partial charge on any atom is -0.378 e. The van der Waals surface area contributed by atoms with E-state index < -0.39 is 5.60 Å². The van der Waals surface area contributed by atoms with Crippen molar-refractivity contribution < 1.29 is 5.11 Å². The fraction of sp³-hybridized carbons (Fsp3) is 0.692. The van der Waals surface area contributed by atoms with Crippen molar-refractivity contribution in [3.8, 4) is 23.7 Å². The molecule has 0 aromatic rings. The molecule has 0 aromatic carbocycles. The highest BCUT2D eigenvalue weighted by molar-refractivity contribution is 5.28. The van der Waals surface area contributed by atoms with Crippen molar-refractivity contribution >= 4 is 0 Å². The van der Waals surface area contributed by atoms with Gasteiger partial charge in [0.15, 0.2) is 0 Å². The van der Waals surface area contributed by atoms with Gasteiger partial charge in [-0.2, -0.15) is 0 Å². The zero-order valence-electron chi connectivity index (χ0n) is 9.48. The zero-order valence-corrected chi connectivity index (χ0v) is 9.48. The molecule has 0 amide bonds. The molecule has 0 aliphatic rings. The van der Waals surface area contributed by atoms with Gasteiger partial charge in [-0.3, -0.25) is 0 Å². The van der Waals surface area contributed by atoms with E-state index in [0.717, 1.165) is 12.8 Å². The van der Waals surface area contributed by atoms with Gasteiger partial charge in [0.25, 0.3) is 0 Å². The first-order chi connectivity index (χ1) is 6.56. The summed E-state index contributed by atoms with van der Waals surface area (Å²) in [5.74, 6) is 11.0. The Morgan fingerprint density at radius 3 is 2.36 bits per heavy atom. The summed E-state index contributed by atoms with van der Waals surface area (Å²) < 4.78 is 0. The minimum atomic E-state index is -0.920. The van der Waals surface area contributed by atoms with Gasteiger partial charge in [0, 0.05) is 6.42 Å². The quantitative estimate of drug-likeness (QED) is 0.536. The second kappa shape index (κ2) is 7.48. The van der Waals surface area contributed by atoms with Crippen LogP contribution >= 0.6 is 0 Å². The number of hydrogen-bond donors (Lipinski definition) is 1. The monoisotopic (exact) mass is 192 g/mol. The Morgan fingerprint density at radius 2 is 1.79 bits per heavy atom. The van der Waals surface area contributed by atoms with E-state index in [2.05, 4.69) is 30.6 Å². The van der Waals surface area contributed by atoms with Crippen molar-refractivity contribution in [3.63, 3.8) is 0 Å². The van der Waals surface area contributed by atoms with Crippen molar-refractivity contribution in [3.05, 3.63) is 0 Å². The van der Waals surface area contributed by atoms with E-state index >= 15 is 0 Å². The summed E-state index contributed by atoms with van der Waals surface area (Å²) in [6.45, 7) is 5.51. The van der Waals surface area contributed by atoms with Crippen LogP contribution in [0.4, 0.5) is 0 Å². The Bertz CT molecular complexity index is 249. The zero-order chi connectivity index (χ0) is 10.9. The molecule has 78 valence electrons. The van der Waals surface area contributed by atoms with Gasteiger partial charge in [-0.1, -0.05) is 38.0 Å². The lowest BCUT2D eigenvalue weighted by Gasteiger charge is -2.04. The van der Waals surface area contributed by atoms with Gasteiger partial charge in [0.1, 0.15) is 5.60 Å². The maximum Gasteiger partial charge on any atom is 0.120 e. The standard InChI is InChI=1S/C13H20O/c1-4-5-6-7-8-9-10-11-12-13(2,3)14/h14H,4-8H2,1-3H3. The molecule has 0 unspecified atom stereocenters. The Morgan fingerprint density at radius 1 is 1.07 bits per heavy atom. The van der Waals surface area contributed by atoms with E-state index in [9.17, 15) is 5.11 Å². The first-order valence-corrected chi connectivity index (χ1v) is 5.28. The first-order valence-electron chi connectivity index (χ1n) is 5.28. The molecule has 0 aromatic heterocycles. The molecule has 0 aliphatic carbocycles. The molecule has 0 bridgehead atoms. The Hall–Kier alpha value is -0.920. The highest BCUT2D eigenvalue weighted by atomic mass is 16.3. The van der Waals surface area contributed by atoms with Crippen molar-refractivity contribution in [1.82, 2.24) is 0 Å². The molecule has 0 fully saturated rings. The molecule has 0 saturated heterocycles. The maximum atomic E-state index is 9.25. The van der Waals surface area contributed by atoms with Gasteiger partial charge in [0.2, 0.25) is 0 Å². The summed E-state index contributed by atoms with van der Waals surface area (Å²) in [5, 5.41) is 9.25. The summed E-state index contributed by atoms with van der Waals surface area (Å²) in [6.07, 6.45) is 5.87. The SMILES string of the molecule is CCCCCCC#CC#CC(C)(C)O. The summed E-state index contributed by atoms with van der Waals surface area (Å²) in [7, 11) is 0. The molecule has 1 heteroatoms. The first kappa shape index (κ1) is 13.1. The van der Waals surface area contributed by atoms with E-state index in [1.807, 2.05) is 0 Å². The van der Waals surface area contributed by atoms with Gasteiger partial charge in [0.05, 0.1) is 0 Å². The second-order valence-corrected chi connectivity index (χ2v) is 3.92. The van der Waals surface area contributed by atoms with E-state index in [-0.39, 0.29) is 0 Å². The molecule has 0 aliphatic heterocycles. The van der Waals surface area contributed by atoms with Crippen LogP contribution in [-0.4, -0.2) is 10.7 Å². The molecular formula is C13H20O. The number of unbranched alkanes of at least 4 members (excludes halogenated alkanes) is 4. The van der Waals surface area contributed by atoms with Gasteiger partial charge in [-0.15, -0.1) is 0 Å². The Balaban J connectivity index is 3.57. The summed E-state index contributed by atoms with van der Waals surface area (Å²) in [4.78, 5) is 0. The fourth-order valence-electron chi connectivity index (χ4n) is 0.931. The lowest BCUT2D eigenvalue weighted by Crippen LogP contribution is -2.14. The third-order valence-electron chi connectivity index (χ3n) is 1.67. The topological polar surface area (TPSA) is 20.2 Å². The molecule has 0 atom stereocenters. The second-order valence-electron chi connectivity index (χ2n) is 3.92. The van der Waals surface area contributed by atoms with Crippen molar-refractivity contribution in [2.24, 2.45) is 0 Å². The van der Waals surface area contributed by atoms with Gasteiger partial charge >= 0.3 is 0 Å². The molecule has 0 rings (SSSR count). The normalized spacial score (nSPS) is 9.71. The highest BCUT2D eigenvalue weighted by Gasteiger charge is 2.04. The van der Waals surface area contributed by atoms with Crippen LogP contribution in [0.1, 0.15) is 52.9 Å². The summed E-state index contributed by atoms with van der Waals surface area (Å²) >= 11 is 0. The molecule has 0 spiro atoms. The predicted octanol–water partition coefficient (Wildman–Crippen LogP) is 2.73. The predicted molar refractivity (Wildman–Crippen MR) is 60.6 cm³/mol. The number of aliphatic hydroxyl groups is 1. The largest absolute Gasteiger partial charge is 0.378 e. The van der Waals surface area contributed by atoms with Crippen LogP contribution in [0.2, 0.25) is 0 Å². The van der Waals surface area contributed by atoms with Crippen molar-refractivity contribution in [2.45, 2.75) is 58.5 Å². The molecular weight excluding hydrogens is 172 g/mol. The minimum absolute atomic E-state index is 0.917. The van der Waals surface area contributed by atoms with Crippen LogP contribution < -0.4 is 0 Å². The third kappa shape index (κ3) is 11.1. The number of hydrogen-bond acceptors (Lipinski definition) is 1. The van der Waals surface area contributed by atoms with Crippen LogP contribution in [0.25, 0.3) is 0 Å². The van der Waals surface area contributed by atoms with Crippen molar-refractivity contribution in [2.75, 3.05) is 0 Å². The van der Waals surface area contributed by atoms with Crippen molar-refractivity contribution in [1.29, 1.82) is 0 Å². The van der Waals surface area contributed by atoms with Gasteiger partial charge in [-0.05, 0) is 32.1 Å². The van der Waals surface area contributed by atoms with Crippen LogP contribution in [-0.2, 0) is 0 Å². The molecule has 0 saturated carbocycles. The van der Waals surface area contributed by atoms with Crippen LogP contribution in [0, 0.1) is 23.7 Å². The average molecular weight is 192 g/mol. The smallest absolute Gasteiger partial charge is 0.120 e. The fourth-order valence-corrected chi connectivity index (χ4v) is 0.931. The Kier molecular flexibility index (Phi) is 6.99. The van der Waals surface area contributed by atoms with E-state index in [1.54, 1.807) is 13.8 Å².